The van der Waals surface area contributed by atoms with E-state index in [4.69, 9.17) is 18.4 Å². The van der Waals surface area contributed by atoms with Crippen LogP contribution >= 0.6 is 0 Å². The minimum atomic E-state index is -2.85. The number of fused-ring (bicyclic) bond motifs is 4. The predicted molar refractivity (Wildman–Crippen MR) is 225 cm³/mol. The van der Waals surface area contributed by atoms with Crippen molar-refractivity contribution in [1.82, 2.24) is 15.0 Å². The van der Waals surface area contributed by atoms with Gasteiger partial charge in [0.15, 0.2) is 19.7 Å². The monoisotopic (exact) mass is 795 g/mol. The molecule has 0 radical (unpaired) electrons. The average molecular weight is 795 g/mol. The molecule has 0 spiro atoms. The molecule has 0 aliphatic heterocycles. The van der Waals surface area contributed by atoms with Crippen molar-refractivity contribution in [2.75, 3.05) is 59.9 Å². The van der Waals surface area contributed by atoms with Gasteiger partial charge in [-0.2, -0.15) is 0 Å². The number of aliphatic hydroxyl groups is 1. The molecule has 0 amide bonds. The van der Waals surface area contributed by atoms with E-state index in [1.54, 1.807) is 0 Å². The molecule has 1 aromatic heterocycles. The molecule has 1 saturated carbocycles. The first-order valence-electron chi connectivity index (χ1n) is 20.7. The third-order valence-electron chi connectivity index (χ3n) is 12.2. The molecule has 0 bridgehead atoms. The van der Waals surface area contributed by atoms with Crippen LogP contribution in [0.3, 0.4) is 0 Å². The van der Waals surface area contributed by atoms with Crippen molar-refractivity contribution >= 4 is 31.3 Å². The number of carbonyl (C=O) groups excluding carboxylic acids is 2. The second-order valence-electron chi connectivity index (χ2n) is 19.7. The lowest BCUT2D eigenvalue weighted by Gasteiger charge is -2.55. The number of hydrogen-bond acceptors (Lipinski definition) is 11. The molecule has 1 heterocycles. The van der Waals surface area contributed by atoms with Crippen LogP contribution in [0.4, 0.5) is 5.69 Å². The molecule has 5 rings (SSSR count). The molecule has 1 aromatic carbocycles. The molecule has 312 valence electrons. The normalized spacial score (nSPS) is 22.6. The molecular formula is C44H70N4O7Si. The van der Waals surface area contributed by atoms with E-state index in [9.17, 15) is 5.11 Å². The summed E-state index contributed by atoms with van der Waals surface area (Å²) in [5, 5.41) is 16.7. The smallest absolute Gasteiger partial charge is 0.265 e. The van der Waals surface area contributed by atoms with Gasteiger partial charge in [-0.3, -0.25) is 14.5 Å². The number of hydrogen-bond donors (Lipinski definition) is 1. The highest BCUT2D eigenvalue weighted by Gasteiger charge is 2.69. The molecule has 1 N–H and O–H groups in total. The van der Waals surface area contributed by atoms with Crippen LogP contribution in [-0.2, 0) is 22.2 Å². The fourth-order valence-electron chi connectivity index (χ4n) is 8.92. The highest BCUT2D eigenvalue weighted by atomic mass is 28.4. The van der Waals surface area contributed by atoms with Gasteiger partial charge in [0.25, 0.3) is 5.88 Å². The van der Waals surface area contributed by atoms with E-state index >= 15 is 9.59 Å². The molecule has 1 fully saturated rings. The largest absolute Gasteiger partial charge is 0.507 e. The molecule has 0 saturated heterocycles. The maximum Gasteiger partial charge on any atom is 0.265 e. The summed E-state index contributed by atoms with van der Waals surface area (Å²) < 4.78 is 26.0. The Kier molecular flexibility index (Phi) is 12.7. The Labute approximate surface area is 337 Å². The van der Waals surface area contributed by atoms with E-state index in [0.29, 0.717) is 49.7 Å². The van der Waals surface area contributed by atoms with Crippen LogP contribution in [0.15, 0.2) is 16.2 Å². The predicted octanol–water partition coefficient (Wildman–Crippen LogP) is 8.87. The Morgan fingerprint density at radius 2 is 1.57 bits per heavy atom. The fraction of sp³-hybridized carbons (Fsp3) is 0.705. The average Bonchev–Trinajstić information content (AvgIpc) is 3.47. The Bertz CT molecular complexity index is 1820. The first-order chi connectivity index (χ1) is 26.0. The number of Topliss-reactive ketones (excluding diaryl/α,β-unsaturated/α-hetero) is 2. The second kappa shape index (κ2) is 16.2. The number of carbonyl (C=O) groups is 2. The van der Waals surface area contributed by atoms with Crippen LogP contribution in [0.25, 0.3) is 5.76 Å². The standard InChI is InChI=1S/C44H70N4O7Si/c1-16-18-20-52-31-24-28(25-48(13)26-42(3,4)5)35(46(9)10)29-22-27-23-30-36(47(11)12)38-34(41(45-54-38)53-21-19-17-2)40(51)44(30,55-56(14,15)43(6,7)8)39(50)32(27)37(49)33(29)31/h24,27,30,36,49H,16-23,25-26H2,1-15H3/t27-,30-,36-,44-/m0/s1. The lowest BCUT2D eigenvalue weighted by Crippen LogP contribution is -2.68. The molecule has 56 heavy (non-hydrogen) atoms. The summed E-state index contributed by atoms with van der Waals surface area (Å²) in [5.41, 5.74) is 2.19. The quantitative estimate of drug-likeness (QED) is 0.106. The summed E-state index contributed by atoms with van der Waals surface area (Å²) in [5.74, 6) is -1.05. The van der Waals surface area contributed by atoms with Gasteiger partial charge in [-0.15, -0.1) is 0 Å². The Morgan fingerprint density at radius 3 is 2.12 bits per heavy atom. The SMILES string of the molecule is CCCCOc1cc(CN(C)CC(C)(C)C)c(N(C)C)c2c1C(O)=C1C(=O)[C@]3(O[Si](C)(C)C(C)(C)C)C(=O)c4c(OCCCC)noc4[C@@H](N(C)C)[C@@H]3C[C@@H]1C2. The van der Waals surface area contributed by atoms with E-state index in [2.05, 4.69) is 96.6 Å². The molecule has 3 aliphatic rings. The van der Waals surface area contributed by atoms with E-state index in [0.717, 1.165) is 49.0 Å². The summed E-state index contributed by atoms with van der Waals surface area (Å²) in [6, 6.07) is 1.53. The molecular weight excluding hydrogens is 725 g/mol. The van der Waals surface area contributed by atoms with Gasteiger partial charge in [0.1, 0.15) is 17.1 Å². The minimum absolute atomic E-state index is 0.0928. The summed E-state index contributed by atoms with van der Waals surface area (Å²) in [6.45, 7) is 23.8. The van der Waals surface area contributed by atoms with Crippen LogP contribution in [0.5, 0.6) is 11.6 Å². The molecule has 0 unspecified atom stereocenters. The molecule has 12 heteroatoms. The summed E-state index contributed by atoms with van der Waals surface area (Å²) >= 11 is 0. The fourth-order valence-corrected chi connectivity index (χ4v) is 10.4. The lowest BCUT2D eigenvalue weighted by atomic mass is 9.57. The lowest BCUT2D eigenvalue weighted by molar-refractivity contribution is -0.140. The molecule has 2 aromatic rings. The van der Waals surface area contributed by atoms with Crippen LogP contribution < -0.4 is 14.4 Å². The first-order valence-corrected chi connectivity index (χ1v) is 23.6. The van der Waals surface area contributed by atoms with E-state index < -0.39 is 37.4 Å². The zero-order chi connectivity index (χ0) is 41.7. The minimum Gasteiger partial charge on any atom is -0.507 e. The van der Waals surface area contributed by atoms with Crippen molar-refractivity contribution in [3.05, 3.63) is 39.7 Å². The zero-order valence-electron chi connectivity index (χ0n) is 37.1. The van der Waals surface area contributed by atoms with Crippen LogP contribution in [-0.4, -0.2) is 101 Å². The van der Waals surface area contributed by atoms with Crippen molar-refractivity contribution in [3.63, 3.8) is 0 Å². The Hall–Kier alpha value is -3.19. The number of unbranched alkanes of at least 4 members (excludes halogenated alkanes) is 2. The van der Waals surface area contributed by atoms with E-state index in [1.807, 2.05) is 33.1 Å². The van der Waals surface area contributed by atoms with Crippen molar-refractivity contribution in [2.45, 2.75) is 130 Å². The maximum absolute atomic E-state index is 15.8. The number of rotatable bonds is 15. The van der Waals surface area contributed by atoms with Gasteiger partial charge in [0, 0.05) is 44.4 Å². The Balaban J connectivity index is 1.79. The van der Waals surface area contributed by atoms with Gasteiger partial charge in [-0.25, -0.2) is 0 Å². The number of aliphatic hydroxyl groups excluding tert-OH is 1. The number of ether oxygens (including phenoxy) is 2. The number of ketones is 2. The maximum atomic E-state index is 15.8. The molecule has 11 nitrogen and oxygen atoms in total. The highest BCUT2D eigenvalue weighted by Crippen LogP contribution is 2.59. The van der Waals surface area contributed by atoms with Crippen LogP contribution in [0.2, 0.25) is 18.1 Å². The Morgan fingerprint density at radius 1 is 0.946 bits per heavy atom. The van der Waals surface area contributed by atoms with Crippen molar-refractivity contribution in [2.24, 2.45) is 17.3 Å². The number of aromatic nitrogens is 1. The zero-order valence-corrected chi connectivity index (χ0v) is 38.1. The summed E-state index contributed by atoms with van der Waals surface area (Å²) in [6.07, 6.45) is 4.37. The van der Waals surface area contributed by atoms with Crippen molar-refractivity contribution in [3.8, 4) is 11.6 Å². The van der Waals surface area contributed by atoms with Crippen LogP contribution in [0.1, 0.15) is 126 Å². The van der Waals surface area contributed by atoms with Crippen molar-refractivity contribution in [1.29, 1.82) is 0 Å². The molecule has 3 aliphatic carbocycles. The summed E-state index contributed by atoms with van der Waals surface area (Å²) in [4.78, 5) is 37.8. The number of nitrogens with zero attached hydrogens (tertiary/aromatic N) is 4. The topological polar surface area (TPSA) is 118 Å². The highest BCUT2D eigenvalue weighted by molar-refractivity contribution is 6.74. The van der Waals surface area contributed by atoms with E-state index in [1.165, 1.54) is 0 Å². The molecule has 4 atom stereocenters. The number of benzene rings is 1. The summed E-state index contributed by atoms with van der Waals surface area (Å²) in [7, 11) is 7.24. The van der Waals surface area contributed by atoms with Gasteiger partial charge in [0.05, 0.1) is 24.8 Å². The van der Waals surface area contributed by atoms with Gasteiger partial charge in [-0.1, -0.05) is 68.2 Å². The van der Waals surface area contributed by atoms with E-state index in [-0.39, 0.29) is 39.1 Å². The second-order valence-corrected chi connectivity index (χ2v) is 24.4. The van der Waals surface area contributed by atoms with Gasteiger partial charge in [0.2, 0.25) is 11.6 Å². The number of anilines is 1. The van der Waals surface area contributed by atoms with Gasteiger partial charge in [-0.05, 0) is 98.6 Å². The van der Waals surface area contributed by atoms with Crippen LogP contribution in [0, 0.1) is 17.3 Å². The van der Waals surface area contributed by atoms with Crippen molar-refractivity contribution < 1.29 is 33.1 Å². The third-order valence-corrected chi connectivity index (χ3v) is 16.7. The first kappa shape index (κ1) is 43.9. The van der Waals surface area contributed by atoms with Gasteiger partial charge < -0.3 is 33.3 Å². The van der Waals surface area contributed by atoms with Gasteiger partial charge >= 0.3 is 0 Å². The third kappa shape index (κ3) is 7.96.